The maximum atomic E-state index is 13.7. The summed E-state index contributed by atoms with van der Waals surface area (Å²) in [5.41, 5.74) is 1.04. The number of benzene rings is 2. The molecular formula is C19H17FN6O2. The summed E-state index contributed by atoms with van der Waals surface area (Å²) in [6, 6.07) is 12.4. The van der Waals surface area contributed by atoms with E-state index >= 15 is 0 Å². The molecule has 2 amide bonds. The molecule has 8 nitrogen and oxygen atoms in total. The summed E-state index contributed by atoms with van der Waals surface area (Å²) in [6.45, 7) is 1.42. The van der Waals surface area contributed by atoms with Gasteiger partial charge in [0.2, 0.25) is 0 Å². The first-order valence-corrected chi connectivity index (χ1v) is 8.87. The summed E-state index contributed by atoms with van der Waals surface area (Å²) in [6.07, 6.45) is 1.97. The van der Waals surface area contributed by atoms with Gasteiger partial charge in [0.15, 0.2) is 0 Å². The van der Waals surface area contributed by atoms with E-state index in [2.05, 4.69) is 20.7 Å². The van der Waals surface area contributed by atoms with Crippen molar-refractivity contribution >= 4 is 17.5 Å². The third kappa shape index (κ3) is 3.59. The van der Waals surface area contributed by atoms with Crippen molar-refractivity contribution in [2.75, 3.05) is 18.4 Å². The highest BCUT2D eigenvalue weighted by Crippen LogP contribution is 2.15. The summed E-state index contributed by atoms with van der Waals surface area (Å²) in [5.74, 6) is -1.29. The van der Waals surface area contributed by atoms with Gasteiger partial charge in [-0.05, 0) is 54.5 Å². The zero-order valence-electron chi connectivity index (χ0n) is 14.9. The number of nitrogens with zero attached hydrogens (tertiary/aromatic N) is 5. The van der Waals surface area contributed by atoms with E-state index < -0.39 is 11.7 Å². The van der Waals surface area contributed by atoms with Crippen LogP contribution >= 0.6 is 0 Å². The fraction of sp³-hybridized carbons (Fsp3) is 0.211. The monoisotopic (exact) mass is 380 g/mol. The number of rotatable bonds is 4. The molecule has 2 heterocycles. The fourth-order valence-corrected chi connectivity index (χ4v) is 2.99. The van der Waals surface area contributed by atoms with E-state index in [0.29, 0.717) is 24.5 Å². The molecule has 0 bridgehead atoms. The first-order chi connectivity index (χ1) is 13.6. The second kappa shape index (κ2) is 7.55. The Morgan fingerprint density at radius 1 is 1.00 bits per heavy atom. The second-order valence-electron chi connectivity index (χ2n) is 6.38. The predicted molar refractivity (Wildman–Crippen MR) is 98.6 cm³/mol. The molecule has 1 saturated heterocycles. The number of halogens is 1. The Kier molecular flexibility index (Phi) is 4.79. The number of nitrogens with one attached hydrogen (secondary N) is 1. The molecule has 1 aliphatic rings. The highest BCUT2D eigenvalue weighted by molar-refractivity contribution is 6.04. The molecule has 0 unspecified atom stereocenters. The van der Waals surface area contributed by atoms with Crippen molar-refractivity contribution in [2.24, 2.45) is 0 Å². The van der Waals surface area contributed by atoms with Crippen LogP contribution in [-0.2, 0) is 0 Å². The summed E-state index contributed by atoms with van der Waals surface area (Å²) < 4.78 is 13.7. The molecule has 4 rings (SSSR count). The van der Waals surface area contributed by atoms with Crippen molar-refractivity contribution in [3.05, 3.63) is 65.7 Å². The third-order valence-electron chi connectivity index (χ3n) is 4.47. The van der Waals surface area contributed by atoms with Crippen molar-refractivity contribution in [2.45, 2.75) is 12.8 Å². The molecule has 142 valence electrons. The standard InChI is InChI=1S/C19H17FN6O2/c20-16-6-2-1-5-15(16)18(27)21-13-7-9-14(10-8-13)26-23-17(22-24-26)19(28)25-11-3-4-12-25/h1-2,5-10H,3-4,11-12H2,(H,21,27). The highest BCUT2D eigenvalue weighted by Gasteiger charge is 2.23. The molecule has 1 aliphatic heterocycles. The van der Waals surface area contributed by atoms with Gasteiger partial charge < -0.3 is 10.2 Å². The van der Waals surface area contributed by atoms with Crippen LogP contribution in [0.3, 0.4) is 0 Å². The predicted octanol–water partition coefficient (Wildman–Crippen LogP) is 2.29. The molecular weight excluding hydrogens is 363 g/mol. The van der Waals surface area contributed by atoms with E-state index in [4.69, 9.17) is 0 Å². The van der Waals surface area contributed by atoms with E-state index in [1.807, 2.05) is 0 Å². The quantitative estimate of drug-likeness (QED) is 0.750. The number of amides is 2. The number of likely N-dealkylation sites (tertiary alicyclic amines) is 1. The number of tetrazole rings is 1. The molecule has 28 heavy (non-hydrogen) atoms. The Hall–Kier alpha value is -3.62. The molecule has 3 aromatic rings. The third-order valence-corrected chi connectivity index (χ3v) is 4.47. The van der Waals surface area contributed by atoms with Gasteiger partial charge in [0.1, 0.15) is 5.82 Å². The van der Waals surface area contributed by atoms with Crippen molar-refractivity contribution in [3.8, 4) is 5.69 Å². The van der Waals surface area contributed by atoms with Crippen LogP contribution in [0.2, 0.25) is 0 Å². The van der Waals surface area contributed by atoms with Crippen LogP contribution in [0, 0.1) is 5.82 Å². The SMILES string of the molecule is O=C(Nc1ccc(-n2nnc(C(=O)N3CCCC3)n2)cc1)c1ccccc1F. The van der Waals surface area contributed by atoms with E-state index in [1.165, 1.54) is 23.0 Å². The molecule has 1 fully saturated rings. The van der Waals surface area contributed by atoms with Crippen LogP contribution in [0.4, 0.5) is 10.1 Å². The maximum Gasteiger partial charge on any atom is 0.295 e. The Balaban J connectivity index is 1.45. The largest absolute Gasteiger partial charge is 0.336 e. The molecule has 1 N–H and O–H groups in total. The number of carbonyl (C=O) groups is 2. The van der Waals surface area contributed by atoms with Crippen LogP contribution < -0.4 is 5.32 Å². The van der Waals surface area contributed by atoms with Crippen LogP contribution in [0.1, 0.15) is 33.8 Å². The average Bonchev–Trinajstić information content (AvgIpc) is 3.41. The van der Waals surface area contributed by atoms with Gasteiger partial charge in [-0.1, -0.05) is 12.1 Å². The first-order valence-electron chi connectivity index (χ1n) is 8.87. The number of hydrogen-bond acceptors (Lipinski definition) is 5. The van der Waals surface area contributed by atoms with Crippen LogP contribution in [-0.4, -0.2) is 50.0 Å². The zero-order valence-corrected chi connectivity index (χ0v) is 14.9. The normalized spacial score (nSPS) is 13.5. The fourth-order valence-electron chi connectivity index (χ4n) is 2.99. The van der Waals surface area contributed by atoms with Crippen molar-refractivity contribution < 1.29 is 14.0 Å². The first kappa shape index (κ1) is 17.8. The van der Waals surface area contributed by atoms with Crippen LogP contribution in [0.15, 0.2) is 48.5 Å². The Labute approximate surface area is 160 Å². The molecule has 0 aliphatic carbocycles. The minimum atomic E-state index is -0.585. The lowest BCUT2D eigenvalue weighted by Gasteiger charge is -2.11. The molecule has 0 atom stereocenters. The minimum absolute atomic E-state index is 0.0328. The number of anilines is 1. The molecule has 0 saturated carbocycles. The van der Waals surface area contributed by atoms with Gasteiger partial charge in [-0.3, -0.25) is 9.59 Å². The van der Waals surface area contributed by atoms with E-state index in [9.17, 15) is 14.0 Å². The van der Waals surface area contributed by atoms with Gasteiger partial charge >= 0.3 is 0 Å². The molecule has 9 heteroatoms. The number of aromatic nitrogens is 4. The average molecular weight is 380 g/mol. The zero-order chi connectivity index (χ0) is 19.5. The van der Waals surface area contributed by atoms with Gasteiger partial charge in [0.05, 0.1) is 11.3 Å². The maximum absolute atomic E-state index is 13.7. The molecule has 0 spiro atoms. The van der Waals surface area contributed by atoms with Crippen LogP contribution in [0.5, 0.6) is 0 Å². The van der Waals surface area contributed by atoms with E-state index in [-0.39, 0.29) is 17.3 Å². The van der Waals surface area contributed by atoms with E-state index in [1.54, 1.807) is 35.2 Å². The van der Waals surface area contributed by atoms with Crippen LogP contribution in [0.25, 0.3) is 5.69 Å². The van der Waals surface area contributed by atoms with Gasteiger partial charge in [0.25, 0.3) is 17.6 Å². The lowest BCUT2D eigenvalue weighted by Crippen LogP contribution is -2.28. The number of hydrogen-bond donors (Lipinski definition) is 1. The smallest absolute Gasteiger partial charge is 0.295 e. The summed E-state index contributed by atoms with van der Waals surface area (Å²) >= 11 is 0. The second-order valence-corrected chi connectivity index (χ2v) is 6.38. The summed E-state index contributed by atoms with van der Waals surface area (Å²) in [7, 11) is 0. The summed E-state index contributed by atoms with van der Waals surface area (Å²) in [4.78, 5) is 27.4. The van der Waals surface area contributed by atoms with Crippen molar-refractivity contribution in [1.29, 1.82) is 0 Å². The van der Waals surface area contributed by atoms with Gasteiger partial charge in [-0.25, -0.2) is 4.39 Å². The lowest BCUT2D eigenvalue weighted by atomic mass is 10.2. The number of carbonyl (C=O) groups excluding carboxylic acids is 2. The lowest BCUT2D eigenvalue weighted by molar-refractivity contribution is 0.0780. The van der Waals surface area contributed by atoms with Gasteiger partial charge in [0, 0.05) is 18.8 Å². The molecule has 1 aromatic heterocycles. The Morgan fingerprint density at radius 3 is 2.43 bits per heavy atom. The molecule has 2 aromatic carbocycles. The summed E-state index contributed by atoms with van der Waals surface area (Å²) in [5, 5.41) is 14.5. The van der Waals surface area contributed by atoms with E-state index in [0.717, 1.165) is 12.8 Å². The Morgan fingerprint density at radius 2 is 1.71 bits per heavy atom. The Bertz CT molecular complexity index is 1010. The van der Waals surface area contributed by atoms with Gasteiger partial charge in [-0.2, -0.15) is 0 Å². The van der Waals surface area contributed by atoms with Gasteiger partial charge in [-0.15, -0.1) is 15.0 Å². The highest BCUT2D eigenvalue weighted by atomic mass is 19.1. The van der Waals surface area contributed by atoms with Crippen molar-refractivity contribution in [3.63, 3.8) is 0 Å². The minimum Gasteiger partial charge on any atom is -0.336 e. The molecule has 0 radical (unpaired) electrons. The van der Waals surface area contributed by atoms with Crippen molar-refractivity contribution in [1.82, 2.24) is 25.1 Å². The topological polar surface area (TPSA) is 93.0 Å².